The Balaban J connectivity index is 2.77. The molecule has 0 atom stereocenters. The van der Waals surface area contributed by atoms with Gasteiger partial charge in [0.2, 0.25) is 0 Å². The van der Waals surface area contributed by atoms with E-state index in [1.807, 2.05) is 51.3 Å². The normalized spacial score (nSPS) is 11.6. The van der Waals surface area contributed by atoms with E-state index >= 15 is 0 Å². The van der Waals surface area contributed by atoms with Crippen molar-refractivity contribution in [2.45, 2.75) is 31.2 Å². The minimum absolute atomic E-state index is 0.237. The lowest BCUT2D eigenvalue weighted by Gasteiger charge is -2.23. The molecule has 2 aromatic rings. The highest BCUT2D eigenvalue weighted by molar-refractivity contribution is 7.98. The van der Waals surface area contributed by atoms with Crippen molar-refractivity contribution < 1.29 is 9.90 Å². The average Bonchev–Trinajstić information content (AvgIpc) is 2.83. The molecule has 1 aromatic heterocycles. The van der Waals surface area contributed by atoms with E-state index in [9.17, 15) is 9.90 Å². The number of carbonyl (C=O) groups is 1. The molecule has 0 unspecified atom stereocenters. The smallest absolute Gasteiger partial charge is 0.339 e. The maximum Gasteiger partial charge on any atom is 0.339 e. The summed E-state index contributed by atoms with van der Waals surface area (Å²) in [6.45, 7) is 6.03. The summed E-state index contributed by atoms with van der Waals surface area (Å²) in [6.07, 6.45) is 3.41. The van der Waals surface area contributed by atoms with Crippen LogP contribution >= 0.6 is 11.8 Å². The third-order valence-electron chi connectivity index (χ3n) is 3.00. The van der Waals surface area contributed by atoms with Crippen LogP contribution in [0.3, 0.4) is 0 Å². The highest BCUT2D eigenvalue weighted by atomic mass is 32.2. The molecule has 4 nitrogen and oxygen atoms in total. The van der Waals surface area contributed by atoms with Crippen LogP contribution in [0.4, 0.5) is 0 Å². The molecular formula is C15H18N2O2S. The van der Waals surface area contributed by atoms with Crippen LogP contribution in [-0.4, -0.2) is 27.1 Å². The lowest BCUT2D eigenvalue weighted by Crippen LogP contribution is -2.24. The van der Waals surface area contributed by atoms with Gasteiger partial charge in [0, 0.05) is 10.5 Å². The largest absolute Gasteiger partial charge is 0.478 e. The standard InChI is InChI=1S/C15H18N2O2S/c1-15(2,3)17-13(11(9-16-17)14(18)19)10-7-5-6-8-12(10)20-4/h5-9H,1-4H3,(H,18,19). The molecule has 1 heterocycles. The van der Waals surface area contributed by atoms with Crippen molar-refractivity contribution in [2.75, 3.05) is 6.26 Å². The van der Waals surface area contributed by atoms with E-state index in [1.54, 1.807) is 16.4 Å². The Labute approximate surface area is 122 Å². The van der Waals surface area contributed by atoms with Crippen LogP contribution in [0.5, 0.6) is 0 Å². The third-order valence-corrected chi connectivity index (χ3v) is 3.79. The number of nitrogens with zero attached hydrogens (tertiary/aromatic N) is 2. The van der Waals surface area contributed by atoms with Gasteiger partial charge in [-0.25, -0.2) is 4.79 Å². The summed E-state index contributed by atoms with van der Waals surface area (Å²) >= 11 is 1.60. The molecule has 0 saturated carbocycles. The molecule has 20 heavy (non-hydrogen) atoms. The number of thioether (sulfide) groups is 1. The van der Waals surface area contributed by atoms with E-state index in [0.717, 1.165) is 10.5 Å². The fourth-order valence-corrected chi connectivity index (χ4v) is 2.71. The first kappa shape index (κ1) is 14.7. The van der Waals surface area contributed by atoms with Gasteiger partial charge in [-0.05, 0) is 33.1 Å². The molecule has 0 radical (unpaired) electrons. The SMILES string of the molecule is CSc1ccccc1-c1c(C(=O)O)cnn1C(C)(C)C. The predicted octanol–water partition coefficient (Wildman–Crippen LogP) is 3.73. The second-order valence-electron chi connectivity index (χ2n) is 5.49. The minimum atomic E-state index is -0.952. The van der Waals surface area contributed by atoms with Gasteiger partial charge in [-0.3, -0.25) is 4.68 Å². The van der Waals surface area contributed by atoms with Crippen molar-refractivity contribution in [1.29, 1.82) is 0 Å². The first-order valence-electron chi connectivity index (χ1n) is 6.31. The monoisotopic (exact) mass is 290 g/mol. The Hall–Kier alpha value is -1.75. The second-order valence-corrected chi connectivity index (χ2v) is 6.34. The van der Waals surface area contributed by atoms with Gasteiger partial charge in [0.1, 0.15) is 5.56 Å². The number of benzene rings is 1. The number of aromatic carboxylic acids is 1. The van der Waals surface area contributed by atoms with Crippen LogP contribution in [0.2, 0.25) is 0 Å². The lowest BCUT2D eigenvalue weighted by atomic mass is 10.0. The average molecular weight is 290 g/mol. The second kappa shape index (κ2) is 5.32. The number of carboxylic acids is 1. The van der Waals surface area contributed by atoms with Crippen molar-refractivity contribution in [3.8, 4) is 11.3 Å². The van der Waals surface area contributed by atoms with Gasteiger partial charge >= 0.3 is 5.97 Å². The maximum atomic E-state index is 11.5. The number of hydrogen-bond acceptors (Lipinski definition) is 3. The number of carboxylic acid groups (broad SMARTS) is 1. The zero-order valence-corrected chi connectivity index (χ0v) is 12.9. The van der Waals surface area contributed by atoms with Crippen molar-refractivity contribution in [1.82, 2.24) is 9.78 Å². The van der Waals surface area contributed by atoms with Crippen LogP contribution in [0.25, 0.3) is 11.3 Å². The summed E-state index contributed by atoms with van der Waals surface area (Å²) < 4.78 is 1.78. The molecule has 1 aromatic carbocycles. The van der Waals surface area contributed by atoms with E-state index in [4.69, 9.17) is 0 Å². The molecule has 0 aliphatic carbocycles. The Morgan fingerprint density at radius 2 is 1.95 bits per heavy atom. The first-order valence-corrected chi connectivity index (χ1v) is 7.54. The summed E-state index contributed by atoms with van der Waals surface area (Å²) in [7, 11) is 0. The molecular weight excluding hydrogens is 272 g/mol. The maximum absolute atomic E-state index is 11.5. The number of aromatic nitrogens is 2. The molecule has 0 amide bonds. The quantitative estimate of drug-likeness (QED) is 0.875. The Kier molecular flexibility index (Phi) is 3.90. The summed E-state index contributed by atoms with van der Waals surface area (Å²) in [5, 5.41) is 13.7. The molecule has 0 spiro atoms. The van der Waals surface area contributed by atoms with Crippen molar-refractivity contribution in [2.24, 2.45) is 0 Å². The zero-order valence-electron chi connectivity index (χ0n) is 12.0. The predicted molar refractivity (Wildman–Crippen MR) is 81.4 cm³/mol. The molecule has 106 valence electrons. The van der Waals surface area contributed by atoms with Crippen LogP contribution in [0.1, 0.15) is 31.1 Å². The Morgan fingerprint density at radius 3 is 2.50 bits per heavy atom. The van der Waals surface area contributed by atoms with E-state index < -0.39 is 5.97 Å². The molecule has 0 aliphatic heterocycles. The fraction of sp³-hybridized carbons (Fsp3) is 0.333. The summed E-state index contributed by atoms with van der Waals surface area (Å²) in [5.74, 6) is -0.952. The molecule has 0 aliphatic rings. The molecule has 5 heteroatoms. The molecule has 0 bridgehead atoms. The third kappa shape index (κ3) is 2.58. The van der Waals surface area contributed by atoms with Crippen LogP contribution < -0.4 is 0 Å². The van der Waals surface area contributed by atoms with E-state index in [2.05, 4.69) is 5.10 Å². The van der Waals surface area contributed by atoms with E-state index in [1.165, 1.54) is 6.20 Å². The summed E-state index contributed by atoms with van der Waals surface area (Å²) in [6, 6.07) is 7.80. The Morgan fingerprint density at radius 1 is 1.30 bits per heavy atom. The van der Waals surface area contributed by atoms with Gasteiger partial charge in [-0.1, -0.05) is 18.2 Å². The Bertz CT molecular complexity index is 642. The highest BCUT2D eigenvalue weighted by Gasteiger charge is 2.26. The zero-order chi connectivity index (χ0) is 14.9. The van der Waals surface area contributed by atoms with Crippen LogP contribution in [0, 0.1) is 0 Å². The molecule has 0 saturated heterocycles. The van der Waals surface area contributed by atoms with Crippen molar-refractivity contribution in [3.05, 3.63) is 36.0 Å². The molecule has 2 rings (SSSR count). The number of hydrogen-bond donors (Lipinski definition) is 1. The van der Waals surface area contributed by atoms with Gasteiger partial charge in [-0.2, -0.15) is 5.10 Å². The van der Waals surface area contributed by atoms with Gasteiger partial charge in [0.25, 0.3) is 0 Å². The van der Waals surface area contributed by atoms with E-state index in [-0.39, 0.29) is 11.1 Å². The minimum Gasteiger partial charge on any atom is -0.478 e. The summed E-state index contributed by atoms with van der Waals surface area (Å²) in [4.78, 5) is 12.5. The van der Waals surface area contributed by atoms with Gasteiger partial charge in [-0.15, -0.1) is 11.8 Å². The van der Waals surface area contributed by atoms with E-state index in [0.29, 0.717) is 5.69 Å². The lowest BCUT2D eigenvalue weighted by molar-refractivity contribution is 0.0697. The van der Waals surface area contributed by atoms with Crippen molar-refractivity contribution in [3.63, 3.8) is 0 Å². The topological polar surface area (TPSA) is 55.1 Å². The number of rotatable bonds is 3. The summed E-state index contributed by atoms with van der Waals surface area (Å²) in [5.41, 5.74) is 1.52. The van der Waals surface area contributed by atoms with Crippen molar-refractivity contribution >= 4 is 17.7 Å². The van der Waals surface area contributed by atoms with Crippen LogP contribution in [-0.2, 0) is 5.54 Å². The van der Waals surface area contributed by atoms with Gasteiger partial charge in [0.15, 0.2) is 0 Å². The van der Waals surface area contributed by atoms with Crippen LogP contribution in [0.15, 0.2) is 35.4 Å². The molecule has 0 fully saturated rings. The van der Waals surface area contributed by atoms with Gasteiger partial charge < -0.3 is 5.11 Å². The molecule has 1 N–H and O–H groups in total. The highest BCUT2D eigenvalue weighted by Crippen LogP contribution is 2.34. The fourth-order valence-electron chi connectivity index (χ4n) is 2.11. The van der Waals surface area contributed by atoms with Gasteiger partial charge in [0.05, 0.1) is 17.4 Å². The first-order chi connectivity index (χ1) is 9.36.